The van der Waals surface area contributed by atoms with E-state index in [0.29, 0.717) is 25.2 Å². The van der Waals surface area contributed by atoms with Gasteiger partial charge in [0, 0.05) is 18.6 Å². The molecule has 1 spiro atoms. The van der Waals surface area contributed by atoms with E-state index < -0.39 is 0 Å². The van der Waals surface area contributed by atoms with Gasteiger partial charge in [-0.25, -0.2) is 0 Å². The minimum Gasteiger partial charge on any atom is -0.373 e. The number of hydrogen-bond donors (Lipinski definition) is 0. The third-order valence-electron chi connectivity index (χ3n) is 2.38. The minimum atomic E-state index is -0.0417. The Morgan fingerprint density at radius 1 is 1.55 bits per heavy atom. The van der Waals surface area contributed by atoms with E-state index in [1.54, 1.807) is 0 Å². The highest BCUT2D eigenvalue weighted by atomic mass is 32.2. The van der Waals surface area contributed by atoms with E-state index in [0.717, 1.165) is 17.9 Å². The molecule has 0 aromatic rings. The molecule has 0 aliphatic carbocycles. The lowest BCUT2D eigenvalue weighted by Crippen LogP contribution is -2.39. The van der Waals surface area contributed by atoms with Gasteiger partial charge < -0.3 is 4.74 Å². The molecule has 0 radical (unpaired) electrons. The molecule has 0 saturated carbocycles. The Kier molecular flexibility index (Phi) is 1.93. The maximum absolute atomic E-state index is 11.1. The first kappa shape index (κ1) is 7.62. The van der Waals surface area contributed by atoms with E-state index in [9.17, 15) is 4.79 Å². The van der Waals surface area contributed by atoms with E-state index in [1.165, 1.54) is 0 Å². The quantitative estimate of drug-likeness (QED) is 0.550. The van der Waals surface area contributed by atoms with Crippen LogP contribution in [0.25, 0.3) is 0 Å². The number of ether oxygens (including phenoxy) is 1. The predicted octanol–water partition coefficient (Wildman–Crippen LogP) is 1.24. The molecule has 0 unspecified atom stereocenters. The summed E-state index contributed by atoms with van der Waals surface area (Å²) < 4.78 is 5.66. The molecule has 3 heteroatoms. The minimum absolute atomic E-state index is 0.0417. The lowest BCUT2D eigenvalue weighted by molar-refractivity contribution is -0.136. The Morgan fingerprint density at radius 3 is 3.09 bits per heavy atom. The monoisotopic (exact) mass is 172 g/mol. The van der Waals surface area contributed by atoms with Gasteiger partial charge in [-0.05, 0) is 12.2 Å². The fourth-order valence-corrected chi connectivity index (χ4v) is 3.08. The van der Waals surface area contributed by atoms with E-state index in [-0.39, 0.29) is 5.60 Å². The van der Waals surface area contributed by atoms with Crippen molar-refractivity contribution in [3.05, 3.63) is 0 Å². The summed E-state index contributed by atoms with van der Waals surface area (Å²) in [6, 6.07) is 0. The lowest BCUT2D eigenvalue weighted by Gasteiger charge is -2.31. The van der Waals surface area contributed by atoms with Gasteiger partial charge in [0.15, 0.2) is 0 Å². The average Bonchev–Trinajstić information content (AvgIpc) is 2.37. The highest BCUT2D eigenvalue weighted by Gasteiger charge is 2.39. The second-order valence-corrected chi connectivity index (χ2v) is 4.40. The normalized spacial score (nSPS) is 38.4. The van der Waals surface area contributed by atoms with Gasteiger partial charge in [0.1, 0.15) is 5.78 Å². The molecule has 2 saturated heterocycles. The van der Waals surface area contributed by atoms with Crippen molar-refractivity contribution < 1.29 is 9.53 Å². The SMILES string of the molecule is O=C1CCO[C@@]2(CCSC2)C1. The molecule has 0 aromatic carbocycles. The number of carbonyl (C=O) groups excluding carboxylic acids is 1. The molecule has 2 aliphatic rings. The number of rotatable bonds is 0. The average molecular weight is 172 g/mol. The standard InChI is InChI=1S/C8H12O2S/c9-7-1-3-10-8(5-7)2-4-11-6-8/h1-6H2/t8-/m0/s1. The van der Waals surface area contributed by atoms with Gasteiger partial charge in [0.2, 0.25) is 0 Å². The summed E-state index contributed by atoms with van der Waals surface area (Å²) in [6.07, 6.45) is 2.37. The smallest absolute Gasteiger partial charge is 0.138 e. The molecular weight excluding hydrogens is 160 g/mol. The van der Waals surface area contributed by atoms with Crippen molar-refractivity contribution in [3.8, 4) is 0 Å². The fraction of sp³-hybridized carbons (Fsp3) is 0.875. The summed E-state index contributed by atoms with van der Waals surface area (Å²) >= 11 is 1.90. The molecule has 0 bridgehead atoms. The number of hydrogen-bond acceptors (Lipinski definition) is 3. The van der Waals surface area contributed by atoms with E-state index in [4.69, 9.17) is 4.74 Å². The van der Waals surface area contributed by atoms with E-state index in [1.807, 2.05) is 11.8 Å². The first-order valence-corrected chi connectivity index (χ1v) is 5.20. The largest absolute Gasteiger partial charge is 0.373 e. The molecule has 62 valence electrons. The summed E-state index contributed by atoms with van der Waals surface area (Å²) in [4.78, 5) is 11.1. The van der Waals surface area contributed by atoms with Crippen LogP contribution in [0.5, 0.6) is 0 Å². The first-order valence-electron chi connectivity index (χ1n) is 4.04. The van der Waals surface area contributed by atoms with Crippen LogP contribution in [0.4, 0.5) is 0 Å². The number of ketones is 1. The van der Waals surface area contributed by atoms with Gasteiger partial charge in [-0.15, -0.1) is 0 Å². The number of carbonyl (C=O) groups is 1. The molecule has 2 aliphatic heterocycles. The Balaban J connectivity index is 2.05. The van der Waals surface area contributed by atoms with E-state index in [2.05, 4.69) is 0 Å². The number of thioether (sulfide) groups is 1. The van der Waals surface area contributed by atoms with Crippen LogP contribution in [0.3, 0.4) is 0 Å². The van der Waals surface area contributed by atoms with Gasteiger partial charge >= 0.3 is 0 Å². The van der Waals surface area contributed by atoms with Crippen molar-refractivity contribution in [2.75, 3.05) is 18.1 Å². The molecule has 1 atom stereocenters. The van der Waals surface area contributed by atoms with Crippen LogP contribution in [0, 0.1) is 0 Å². The molecule has 2 nitrogen and oxygen atoms in total. The Morgan fingerprint density at radius 2 is 2.45 bits per heavy atom. The molecule has 11 heavy (non-hydrogen) atoms. The van der Waals surface area contributed by atoms with Crippen LogP contribution < -0.4 is 0 Å². The van der Waals surface area contributed by atoms with Gasteiger partial charge in [0.05, 0.1) is 12.2 Å². The van der Waals surface area contributed by atoms with Crippen LogP contribution in [0.2, 0.25) is 0 Å². The highest BCUT2D eigenvalue weighted by Crippen LogP contribution is 2.36. The first-order chi connectivity index (χ1) is 5.31. The number of Topliss-reactive ketones (excluding diaryl/α,β-unsaturated/α-hetero) is 1. The summed E-state index contributed by atoms with van der Waals surface area (Å²) in [7, 11) is 0. The zero-order chi connectivity index (χ0) is 7.73. The van der Waals surface area contributed by atoms with Crippen molar-refractivity contribution >= 4 is 17.5 Å². The molecule has 0 N–H and O–H groups in total. The second kappa shape index (κ2) is 2.79. The van der Waals surface area contributed by atoms with Crippen molar-refractivity contribution in [2.24, 2.45) is 0 Å². The third-order valence-corrected chi connectivity index (χ3v) is 3.60. The summed E-state index contributed by atoms with van der Waals surface area (Å²) in [5.41, 5.74) is -0.0417. The maximum atomic E-state index is 11.1. The van der Waals surface area contributed by atoms with Crippen molar-refractivity contribution in [1.29, 1.82) is 0 Å². The molecule has 2 heterocycles. The molecule has 0 aromatic heterocycles. The highest BCUT2D eigenvalue weighted by molar-refractivity contribution is 7.99. The maximum Gasteiger partial charge on any atom is 0.138 e. The van der Waals surface area contributed by atoms with Gasteiger partial charge in [-0.3, -0.25) is 4.79 Å². The second-order valence-electron chi connectivity index (χ2n) is 3.30. The molecule has 2 rings (SSSR count). The summed E-state index contributed by atoms with van der Waals surface area (Å²) in [5.74, 6) is 2.57. The van der Waals surface area contributed by atoms with E-state index >= 15 is 0 Å². The van der Waals surface area contributed by atoms with Gasteiger partial charge in [-0.1, -0.05) is 0 Å². The Bertz CT molecular complexity index is 173. The van der Waals surface area contributed by atoms with Crippen LogP contribution >= 0.6 is 11.8 Å². The van der Waals surface area contributed by atoms with Crippen LogP contribution in [-0.2, 0) is 9.53 Å². The third kappa shape index (κ3) is 1.44. The topological polar surface area (TPSA) is 26.3 Å². The van der Waals surface area contributed by atoms with Gasteiger partial charge in [-0.2, -0.15) is 11.8 Å². The summed E-state index contributed by atoms with van der Waals surface area (Å²) in [6.45, 7) is 0.652. The zero-order valence-electron chi connectivity index (χ0n) is 6.47. The van der Waals surface area contributed by atoms with Crippen LogP contribution in [-0.4, -0.2) is 29.5 Å². The Labute approximate surface area is 70.7 Å². The van der Waals surface area contributed by atoms with Crippen molar-refractivity contribution in [2.45, 2.75) is 24.9 Å². The van der Waals surface area contributed by atoms with Crippen LogP contribution in [0.15, 0.2) is 0 Å². The summed E-state index contributed by atoms with van der Waals surface area (Å²) in [5, 5.41) is 0. The predicted molar refractivity (Wildman–Crippen MR) is 44.9 cm³/mol. The molecule has 2 fully saturated rings. The molecular formula is C8H12O2S. The van der Waals surface area contributed by atoms with Crippen molar-refractivity contribution in [3.63, 3.8) is 0 Å². The fourth-order valence-electron chi connectivity index (χ4n) is 1.72. The molecule has 0 amide bonds. The van der Waals surface area contributed by atoms with Gasteiger partial charge in [0.25, 0.3) is 0 Å². The Hall–Kier alpha value is -0.0200. The van der Waals surface area contributed by atoms with Crippen molar-refractivity contribution in [1.82, 2.24) is 0 Å². The lowest BCUT2D eigenvalue weighted by atomic mass is 9.93. The zero-order valence-corrected chi connectivity index (χ0v) is 7.28. The van der Waals surface area contributed by atoms with Crippen LogP contribution in [0.1, 0.15) is 19.3 Å².